The van der Waals surface area contributed by atoms with Gasteiger partial charge in [0.05, 0.1) is 11.8 Å². The molecule has 6 atom stereocenters. The fourth-order valence-corrected chi connectivity index (χ4v) is 12.4. The summed E-state index contributed by atoms with van der Waals surface area (Å²) in [5, 5.41) is 0. The average molecular weight is 686 g/mol. The largest absolute Gasteiger partial charge is 0.490 e. The summed E-state index contributed by atoms with van der Waals surface area (Å²) in [4.78, 5) is 2.77. The summed E-state index contributed by atoms with van der Waals surface area (Å²) in [6, 6.07) is 9.64. The lowest BCUT2D eigenvalue weighted by molar-refractivity contribution is -0.0445. The number of anilines is 1. The molecule has 6 unspecified atom stereocenters. The minimum atomic E-state index is -0.194. The predicted molar refractivity (Wildman–Crippen MR) is 210 cm³/mol. The van der Waals surface area contributed by atoms with Gasteiger partial charge in [0.15, 0.2) is 0 Å². The molecule has 3 aliphatic heterocycles. The minimum Gasteiger partial charge on any atom is -0.490 e. The van der Waals surface area contributed by atoms with E-state index in [1.807, 2.05) is 0 Å². The van der Waals surface area contributed by atoms with Crippen molar-refractivity contribution in [3.63, 3.8) is 0 Å². The van der Waals surface area contributed by atoms with Gasteiger partial charge in [-0.15, -0.1) is 0 Å². The Morgan fingerprint density at radius 3 is 2.52 bits per heavy atom. The molecule has 0 radical (unpaired) electrons. The molecule has 3 heterocycles. The summed E-state index contributed by atoms with van der Waals surface area (Å²) in [6.07, 6.45) is 46.1. The Morgan fingerprint density at radius 2 is 1.62 bits per heavy atom. The molecular formula is C49H51NO2. The number of fused-ring (bicyclic) bond motifs is 9. The van der Waals surface area contributed by atoms with E-state index in [1.165, 1.54) is 88.6 Å². The van der Waals surface area contributed by atoms with Gasteiger partial charge in [-0.05, 0) is 141 Å². The summed E-state index contributed by atoms with van der Waals surface area (Å²) in [5.41, 5.74) is 13.5. The quantitative estimate of drug-likeness (QED) is 0.316. The highest BCUT2D eigenvalue weighted by molar-refractivity contribution is 5.72. The van der Waals surface area contributed by atoms with Crippen LogP contribution in [0.15, 0.2) is 154 Å². The molecule has 1 saturated heterocycles. The van der Waals surface area contributed by atoms with Gasteiger partial charge in [-0.2, -0.15) is 0 Å². The number of rotatable bonds is 3. The molecule has 3 heteroatoms. The Balaban J connectivity index is 1.15. The second-order valence-corrected chi connectivity index (χ2v) is 16.7. The first-order valence-corrected chi connectivity index (χ1v) is 20.7. The first-order chi connectivity index (χ1) is 25.8. The molecule has 0 amide bonds. The summed E-state index contributed by atoms with van der Waals surface area (Å²) < 4.78 is 14.6. The molecule has 52 heavy (non-hydrogen) atoms. The molecule has 11 rings (SSSR count). The SMILES string of the molecule is C1=CCCC(C2=CCCC3=C2C2(C4=C(CCCC4)O3)C3CCCC=C3OC3C=CC=C(C4=CCCC5c6ccccc6N(C6=CC=CCC6)C45)C32)=C1. The maximum atomic E-state index is 7.34. The summed E-state index contributed by atoms with van der Waals surface area (Å²) in [5.74, 6) is 4.84. The highest BCUT2D eigenvalue weighted by atomic mass is 16.5. The summed E-state index contributed by atoms with van der Waals surface area (Å²) in [7, 11) is 0. The van der Waals surface area contributed by atoms with E-state index >= 15 is 0 Å². The van der Waals surface area contributed by atoms with Crippen LogP contribution in [0, 0.1) is 17.3 Å². The Morgan fingerprint density at radius 1 is 0.712 bits per heavy atom. The van der Waals surface area contributed by atoms with Gasteiger partial charge in [0, 0.05) is 53.0 Å². The van der Waals surface area contributed by atoms with Crippen LogP contribution in [0.2, 0.25) is 0 Å². The van der Waals surface area contributed by atoms with E-state index in [0.717, 1.165) is 64.2 Å². The Hall–Kier alpha value is -4.24. The fourth-order valence-electron chi connectivity index (χ4n) is 12.4. The van der Waals surface area contributed by atoms with Crippen LogP contribution >= 0.6 is 0 Å². The number of hydrogen-bond donors (Lipinski definition) is 0. The molecule has 264 valence electrons. The third-order valence-electron chi connectivity index (χ3n) is 14.2. The normalized spacial score (nSPS) is 34.2. The van der Waals surface area contributed by atoms with Gasteiger partial charge < -0.3 is 14.4 Å². The first kappa shape index (κ1) is 31.3. The van der Waals surface area contributed by atoms with E-state index in [9.17, 15) is 0 Å². The number of nitrogens with zero attached hydrogens (tertiary/aromatic N) is 1. The van der Waals surface area contributed by atoms with Crippen molar-refractivity contribution in [2.45, 2.75) is 114 Å². The zero-order valence-electron chi connectivity index (χ0n) is 30.5. The fraction of sp³-hybridized carbons (Fsp3) is 0.429. The molecule has 10 aliphatic rings. The van der Waals surface area contributed by atoms with Crippen LogP contribution in [0.4, 0.5) is 5.69 Å². The Labute approximate surface area is 309 Å². The lowest BCUT2D eigenvalue weighted by Crippen LogP contribution is -2.57. The molecule has 1 spiro atoms. The third kappa shape index (κ3) is 4.50. The van der Waals surface area contributed by atoms with E-state index in [1.54, 1.807) is 11.1 Å². The number of allylic oxidation sites excluding steroid dienone is 19. The Kier molecular flexibility index (Phi) is 7.48. The molecule has 3 nitrogen and oxygen atoms in total. The van der Waals surface area contributed by atoms with Crippen LogP contribution in [0.5, 0.6) is 0 Å². The van der Waals surface area contributed by atoms with Crippen LogP contribution in [0.1, 0.15) is 108 Å². The maximum Gasteiger partial charge on any atom is 0.125 e. The van der Waals surface area contributed by atoms with Crippen molar-refractivity contribution in [3.8, 4) is 0 Å². The zero-order chi connectivity index (χ0) is 34.2. The molecule has 1 aromatic rings. The van der Waals surface area contributed by atoms with Crippen LogP contribution in [0.3, 0.4) is 0 Å². The second kappa shape index (κ2) is 12.4. The molecule has 0 bridgehead atoms. The van der Waals surface area contributed by atoms with E-state index in [4.69, 9.17) is 9.47 Å². The van der Waals surface area contributed by atoms with E-state index < -0.39 is 0 Å². The predicted octanol–water partition coefficient (Wildman–Crippen LogP) is 12.2. The van der Waals surface area contributed by atoms with Gasteiger partial charge in [0.25, 0.3) is 0 Å². The second-order valence-electron chi connectivity index (χ2n) is 16.7. The number of hydrogen-bond acceptors (Lipinski definition) is 3. The molecule has 0 aromatic heterocycles. The summed E-state index contributed by atoms with van der Waals surface area (Å²) >= 11 is 0. The smallest absolute Gasteiger partial charge is 0.125 e. The lowest BCUT2D eigenvalue weighted by atomic mass is 9.47. The maximum absolute atomic E-state index is 7.34. The van der Waals surface area contributed by atoms with Crippen molar-refractivity contribution in [1.29, 1.82) is 0 Å². The zero-order valence-corrected chi connectivity index (χ0v) is 30.5. The highest BCUT2D eigenvalue weighted by Crippen LogP contribution is 2.69. The van der Waals surface area contributed by atoms with Gasteiger partial charge >= 0.3 is 0 Å². The van der Waals surface area contributed by atoms with Crippen molar-refractivity contribution >= 4 is 5.69 Å². The van der Waals surface area contributed by atoms with E-state index in [2.05, 4.69) is 102 Å². The molecule has 1 aromatic carbocycles. The topological polar surface area (TPSA) is 21.7 Å². The molecule has 7 aliphatic carbocycles. The first-order valence-electron chi connectivity index (χ1n) is 20.7. The molecule has 0 N–H and O–H groups in total. The van der Waals surface area contributed by atoms with Crippen molar-refractivity contribution in [2.75, 3.05) is 4.90 Å². The molecule has 0 saturated carbocycles. The number of ether oxygens (including phenoxy) is 2. The van der Waals surface area contributed by atoms with E-state index in [0.29, 0.717) is 17.9 Å². The lowest BCUT2D eigenvalue weighted by Gasteiger charge is -2.61. The Bertz CT molecular complexity index is 2070. The average Bonchev–Trinajstić information content (AvgIpc) is 3.56. The van der Waals surface area contributed by atoms with Gasteiger partial charge in [-0.3, -0.25) is 0 Å². The molecule has 1 fully saturated rings. The third-order valence-corrected chi connectivity index (χ3v) is 14.2. The molecular weight excluding hydrogens is 635 g/mol. The van der Waals surface area contributed by atoms with Crippen LogP contribution in [-0.4, -0.2) is 12.1 Å². The van der Waals surface area contributed by atoms with Gasteiger partial charge in [0.2, 0.25) is 0 Å². The number of para-hydroxylation sites is 1. The monoisotopic (exact) mass is 685 g/mol. The standard InChI is InChI=1S/C49H51NO2/c1-3-16-32(17-4-1)34-21-14-30-44-46(34)49(39-25-8-11-28-42(39)51-44)40-26-9-12-29-43(40)52-45-31-15-22-36(47(45)49)38-24-13-23-37-35-20-7-10-27-41(35)50(48(37)38)33-18-5-2-6-19-33/h1-3,5,7,10,15-16,18,20-22,24,27,29,31,37,40,45,47-48H,4,6,8-9,11-14,17,19,23,25-26,28,30H2. The van der Waals surface area contributed by atoms with Crippen LogP contribution in [0.25, 0.3) is 0 Å². The number of benzene rings is 1. The van der Waals surface area contributed by atoms with Crippen molar-refractivity contribution in [2.24, 2.45) is 17.3 Å². The van der Waals surface area contributed by atoms with Gasteiger partial charge in [-0.25, -0.2) is 0 Å². The van der Waals surface area contributed by atoms with Crippen molar-refractivity contribution < 1.29 is 9.47 Å². The minimum absolute atomic E-state index is 0.0122. The van der Waals surface area contributed by atoms with Gasteiger partial charge in [-0.1, -0.05) is 72.9 Å². The van der Waals surface area contributed by atoms with Gasteiger partial charge in [0.1, 0.15) is 17.6 Å². The van der Waals surface area contributed by atoms with Crippen molar-refractivity contribution in [1.82, 2.24) is 0 Å². The van der Waals surface area contributed by atoms with E-state index in [-0.39, 0.29) is 17.4 Å². The highest BCUT2D eigenvalue weighted by Gasteiger charge is 2.64. The van der Waals surface area contributed by atoms with Crippen LogP contribution < -0.4 is 4.90 Å². The summed E-state index contributed by atoms with van der Waals surface area (Å²) in [6.45, 7) is 0. The van der Waals surface area contributed by atoms with Crippen molar-refractivity contribution in [3.05, 3.63) is 159 Å². The van der Waals surface area contributed by atoms with Crippen LogP contribution in [-0.2, 0) is 9.47 Å².